The molecular formula is C12H19F2N3O2S. The number of carbonyl (C=O) groups is 1. The van der Waals surface area contributed by atoms with Gasteiger partial charge in [0.15, 0.2) is 5.13 Å². The minimum absolute atomic E-state index is 0.104. The van der Waals surface area contributed by atoms with Crippen molar-refractivity contribution in [3.63, 3.8) is 0 Å². The van der Waals surface area contributed by atoms with Crippen molar-refractivity contribution in [3.8, 4) is 0 Å². The van der Waals surface area contributed by atoms with Crippen LogP contribution < -0.4 is 4.90 Å². The standard InChI is InChI=1S/C12H19F2N3O2S/c1-3-17(9(2)19)12-15-10(8-20-12)6-16(4-5-18)7-11(13)14/h8,11,18H,3-7H2,1-2H3. The molecule has 0 aliphatic carbocycles. The third kappa shape index (κ3) is 5.10. The van der Waals surface area contributed by atoms with Gasteiger partial charge in [-0.05, 0) is 6.92 Å². The summed E-state index contributed by atoms with van der Waals surface area (Å²) in [4.78, 5) is 18.7. The van der Waals surface area contributed by atoms with Crippen LogP contribution in [0.1, 0.15) is 19.5 Å². The van der Waals surface area contributed by atoms with Gasteiger partial charge in [-0.2, -0.15) is 0 Å². The van der Waals surface area contributed by atoms with Gasteiger partial charge in [0.1, 0.15) is 0 Å². The van der Waals surface area contributed by atoms with Crippen LogP contribution in [0.2, 0.25) is 0 Å². The molecule has 1 aromatic heterocycles. The van der Waals surface area contributed by atoms with Gasteiger partial charge in [0, 0.05) is 31.9 Å². The molecule has 0 saturated carbocycles. The molecule has 1 aromatic rings. The summed E-state index contributed by atoms with van der Waals surface area (Å²) in [6, 6.07) is 0. The van der Waals surface area contributed by atoms with Crippen LogP contribution in [0.5, 0.6) is 0 Å². The number of anilines is 1. The van der Waals surface area contributed by atoms with Crippen LogP contribution in [-0.4, -0.2) is 53.6 Å². The lowest BCUT2D eigenvalue weighted by Gasteiger charge is -2.19. The molecule has 0 unspecified atom stereocenters. The smallest absolute Gasteiger partial charge is 0.251 e. The summed E-state index contributed by atoms with van der Waals surface area (Å²) < 4.78 is 24.8. The maximum atomic E-state index is 12.4. The lowest BCUT2D eigenvalue weighted by Crippen LogP contribution is -2.31. The Labute approximate surface area is 120 Å². The minimum Gasteiger partial charge on any atom is -0.395 e. The highest BCUT2D eigenvalue weighted by Gasteiger charge is 2.16. The predicted octanol–water partition coefficient (Wildman–Crippen LogP) is 1.58. The Bertz CT molecular complexity index is 429. The number of hydrogen-bond acceptors (Lipinski definition) is 5. The van der Waals surface area contributed by atoms with E-state index in [-0.39, 0.29) is 25.6 Å². The van der Waals surface area contributed by atoms with Crippen molar-refractivity contribution in [2.24, 2.45) is 0 Å². The molecule has 0 aliphatic rings. The highest BCUT2D eigenvalue weighted by Crippen LogP contribution is 2.21. The monoisotopic (exact) mass is 307 g/mol. The summed E-state index contributed by atoms with van der Waals surface area (Å²) in [7, 11) is 0. The Morgan fingerprint density at radius 2 is 2.25 bits per heavy atom. The Morgan fingerprint density at radius 1 is 1.55 bits per heavy atom. The zero-order valence-electron chi connectivity index (χ0n) is 11.6. The summed E-state index contributed by atoms with van der Waals surface area (Å²) in [5.41, 5.74) is 0.624. The molecule has 1 amide bonds. The normalized spacial score (nSPS) is 11.3. The van der Waals surface area contributed by atoms with E-state index in [1.165, 1.54) is 28.1 Å². The van der Waals surface area contributed by atoms with Crippen LogP contribution in [0.25, 0.3) is 0 Å². The quantitative estimate of drug-likeness (QED) is 0.792. The Kier molecular flexibility index (Phi) is 6.97. The van der Waals surface area contributed by atoms with Crippen LogP contribution in [0, 0.1) is 0 Å². The first kappa shape index (κ1) is 16.9. The average molecular weight is 307 g/mol. The lowest BCUT2D eigenvalue weighted by molar-refractivity contribution is -0.116. The van der Waals surface area contributed by atoms with Gasteiger partial charge in [-0.3, -0.25) is 14.6 Å². The minimum atomic E-state index is -2.45. The summed E-state index contributed by atoms with van der Waals surface area (Å²) in [6.45, 7) is 3.63. The largest absolute Gasteiger partial charge is 0.395 e. The van der Waals surface area contributed by atoms with E-state index in [2.05, 4.69) is 4.98 Å². The number of thiazole rings is 1. The number of rotatable bonds is 8. The second kappa shape index (κ2) is 8.23. The molecule has 0 atom stereocenters. The van der Waals surface area contributed by atoms with Crippen molar-refractivity contribution < 1.29 is 18.7 Å². The number of aliphatic hydroxyl groups excluding tert-OH is 1. The summed E-state index contributed by atoms with van der Waals surface area (Å²) in [6.07, 6.45) is -2.45. The first-order valence-electron chi connectivity index (χ1n) is 6.31. The van der Waals surface area contributed by atoms with E-state index in [0.29, 0.717) is 17.4 Å². The first-order chi connectivity index (χ1) is 9.47. The number of nitrogens with zero attached hydrogens (tertiary/aromatic N) is 3. The van der Waals surface area contributed by atoms with Crippen LogP contribution in [0.15, 0.2) is 5.38 Å². The molecule has 1 rings (SSSR count). The number of alkyl halides is 2. The summed E-state index contributed by atoms with van der Waals surface area (Å²) >= 11 is 1.31. The zero-order chi connectivity index (χ0) is 15.1. The van der Waals surface area contributed by atoms with Crippen LogP contribution in [0.4, 0.5) is 13.9 Å². The van der Waals surface area contributed by atoms with E-state index >= 15 is 0 Å². The van der Waals surface area contributed by atoms with Gasteiger partial charge in [-0.15, -0.1) is 11.3 Å². The van der Waals surface area contributed by atoms with Gasteiger partial charge in [-0.25, -0.2) is 13.8 Å². The summed E-state index contributed by atoms with van der Waals surface area (Å²) in [5.74, 6) is -0.104. The molecule has 0 spiro atoms. The van der Waals surface area contributed by atoms with Gasteiger partial charge >= 0.3 is 0 Å². The molecule has 5 nitrogen and oxygen atoms in total. The Balaban J connectivity index is 2.72. The molecular weight excluding hydrogens is 288 g/mol. The van der Waals surface area contributed by atoms with Gasteiger partial charge in [0.05, 0.1) is 18.8 Å². The van der Waals surface area contributed by atoms with Gasteiger partial charge in [0.2, 0.25) is 5.91 Å². The SMILES string of the molecule is CCN(C(C)=O)c1nc(CN(CCO)CC(F)F)cs1. The summed E-state index contributed by atoms with van der Waals surface area (Å²) in [5, 5.41) is 11.2. The molecule has 8 heteroatoms. The van der Waals surface area contributed by atoms with Crippen LogP contribution in [0.3, 0.4) is 0 Å². The van der Waals surface area contributed by atoms with E-state index < -0.39 is 13.0 Å². The zero-order valence-corrected chi connectivity index (χ0v) is 12.4. The molecule has 1 heterocycles. The molecule has 0 aromatic carbocycles. The molecule has 0 aliphatic heterocycles. The highest BCUT2D eigenvalue weighted by atomic mass is 32.1. The fourth-order valence-electron chi connectivity index (χ4n) is 1.79. The van der Waals surface area contributed by atoms with Crippen molar-refractivity contribution >= 4 is 22.4 Å². The Hall–Kier alpha value is -1.12. The van der Waals surface area contributed by atoms with Crippen molar-refractivity contribution in [3.05, 3.63) is 11.1 Å². The number of halogens is 2. The van der Waals surface area contributed by atoms with Crippen LogP contribution >= 0.6 is 11.3 Å². The van der Waals surface area contributed by atoms with Crippen LogP contribution in [-0.2, 0) is 11.3 Å². The number of amides is 1. The maximum absolute atomic E-state index is 12.4. The molecule has 0 bridgehead atoms. The van der Waals surface area contributed by atoms with Crippen molar-refractivity contribution in [2.75, 3.05) is 31.1 Å². The van der Waals surface area contributed by atoms with Crippen molar-refractivity contribution in [1.82, 2.24) is 9.88 Å². The second-order valence-corrected chi connectivity index (χ2v) is 5.07. The fraction of sp³-hybridized carbons (Fsp3) is 0.667. The Morgan fingerprint density at radius 3 is 2.75 bits per heavy atom. The average Bonchev–Trinajstić information content (AvgIpc) is 2.77. The molecule has 0 saturated heterocycles. The van der Waals surface area contributed by atoms with E-state index in [4.69, 9.17) is 5.11 Å². The predicted molar refractivity (Wildman–Crippen MR) is 74.2 cm³/mol. The molecule has 114 valence electrons. The highest BCUT2D eigenvalue weighted by molar-refractivity contribution is 7.14. The van der Waals surface area contributed by atoms with E-state index in [9.17, 15) is 13.6 Å². The number of aliphatic hydroxyl groups is 1. The number of carbonyl (C=O) groups excluding carboxylic acids is 1. The molecule has 0 radical (unpaired) electrons. The third-order valence-electron chi connectivity index (χ3n) is 2.66. The third-order valence-corrected chi connectivity index (χ3v) is 3.58. The van der Waals surface area contributed by atoms with Gasteiger partial charge in [0.25, 0.3) is 6.43 Å². The molecule has 1 N–H and O–H groups in total. The van der Waals surface area contributed by atoms with Crippen molar-refractivity contribution in [1.29, 1.82) is 0 Å². The van der Waals surface area contributed by atoms with Gasteiger partial charge in [-0.1, -0.05) is 0 Å². The van der Waals surface area contributed by atoms with E-state index in [0.717, 1.165) is 0 Å². The fourth-order valence-corrected chi connectivity index (χ4v) is 2.71. The van der Waals surface area contributed by atoms with Gasteiger partial charge < -0.3 is 5.11 Å². The first-order valence-corrected chi connectivity index (χ1v) is 7.19. The second-order valence-electron chi connectivity index (χ2n) is 4.23. The molecule has 0 fully saturated rings. The van der Waals surface area contributed by atoms with E-state index in [1.807, 2.05) is 6.92 Å². The number of aromatic nitrogens is 1. The van der Waals surface area contributed by atoms with E-state index in [1.54, 1.807) is 5.38 Å². The maximum Gasteiger partial charge on any atom is 0.251 e. The lowest BCUT2D eigenvalue weighted by atomic mass is 10.4. The topological polar surface area (TPSA) is 56.7 Å². The molecule has 20 heavy (non-hydrogen) atoms. The number of hydrogen-bond donors (Lipinski definition) is 1. The van der Waals surface area contributed by atoms with Crippen molar-refractivity contribution in [2.45, 2.75) is 26.8 Å².